The molecule has 2 aliphatic rings. The number of nitrogens with one attached hydrogen (secondary N) is 1. The zero-order valence-electron chi connectivity index (χ0n) is 15.7. The minimum atomic E-state index is 0.394. The lowest BCUT2D eigenvalue weighted by Gasteiger charge is -2.33. The molecular weight excluding hydrogens is 328 g/mol. The van der Waals surface area contributed by atoms with Gasteiger partial charge in [0.25, 0.3) is 0 Å². The summed E-state index contributed by atoms with van der Waals surface area (Å²) in [5.74, 6) is 3.95. The fourth-order valence-electron chi connectivity index (χ4n) is 3.92. The Hall–Kier alpha value is -2.15. The van der Waals surface area contributed by atoms with Crippen molar-refractivity contribution in [3.8, 4) is 0 Å². The predicted octanol–water partition coefficient (Wildman–Crippen LogP) is 2.44. The van der Waals surface area contributed by atoms with Gasteiger partial charge in [-0.05, 0) is 32.1 Å². The summed E-state index contributed by atoms with van der Waals surface area (Å²) in [6.45, 7) is 6.82. The molecule has 0 amide bonds. The predicted molar refractivity (Wildman–Crippen MR) is 102 cm³/mol. The summed E-state index contributed by atoms with van der Waals surface area (Å²) >= 11 is 0. The van der Waals surface area contributed by atoms with Gasteiger partial charge in [-0.2, -0.15) is 4.98 Å². The van der Waals surface area contributed by atoms with Crippen LogP contribution >= 0.6 is 0 Å². The molecule has 140 valence electrons. The van der Waals surface area contributed by atoms with Crippen LogP contribution in [-0.4, -0.2) is 52.9 Å². The van der Waals surface area contributed by atoms with E-state index in [1.807, 2.05) is 13.2 Å². The van der Waals surface area contributed by atoms with E-state index >= 15 is 0 Å². The van der Waals surface area contributed by atoms with Crippen LogP contribution in [0.2, 0.25) is 0 Å². The Kier molecular flexibility index (Phi) is 5.06. The van der Waals surface area contributed by atoms with E-state index in [2.05, 4.69) is 43.9 Å². The third-order valence-corrected chi connectivity index (χ3v) is 5.62. The molecule has 0 radical (unpaired) electrons. The number of piperidine rings is 1. The van der Waals surface area contributed by atoms with Gasteiger partial charge in [-0.3, -0.25) is 0 Å². The minimum Gasteiger partial charge on any atom is -0.381 e. The van der Waals surface area contributed by atoms with E-state index in [9.17, 15) is 0 Å². The Morgan fingerprint density at radius 2 is 2.08 bits per heavy atom. The van der Waals surface area contributed by atoms with Crippen molar-refractivity contribution < 1.29 is 4.74 Å². The van der Waals surface area contributed by atoms with Gasteiger partial charge in [-0.25, -0.2) is 9.97 Å². The number of anilines is 2. The van der Waals surface area contributed by atoms with Gasteiger partial charge >= 0.3 is 0 Å². The first kappa shape index (κ1) is 17.3. The van der Waals surface area contributed by atoms with Crippen molar-refractivity contribution in [2.45, 2.75) is 38.6 Å². The maximum absolute atomic E-state index is 5.54. The number of ether oxygens (including phenoxy) is 1. The topological polar surface area (TPSA) is 68.1 Å². The lowest BCUT2D eigenvalue weighted by atomic mass is 9.96. The molecule has 1 atom stereocenters. The molecule has 0 saturated carbocycles. The molecule has 4 rings (SSSR count). The van der Waals surface area contributed by atoms with Crippen LogP contribution in [0.4, 0.5) is 11.8 Å². The van der Waals surface area contributed by atoms with Crippen molar-refractivity contribution >= 4 is 11.8 Å². The molecule has 26 heavy (non-hydrogen) atoms. The van der Waals surface area contributed by atoms with Crippen molar-refractivity contribution in [3.63, 3.8) is 0 Å². The van der Waals surface area contributed by atoms with Crippen molar-refractivity contribution in [2.24, 2.45) is 5.92 Å². The molecule has 0 aliphatic carbocycles. The van der Waals surface area contributed by atoms with Crippen LogP contribution in [0.1, 0.15) is 36.7 Å². The second kappa shape index (κ2) is 7.61. The van der Waals surface area contributed by atoms with E-state index in [0.717, 1.165) is 56.6 Å². The summed E-state index contributed by atoms with van der Waals surface area (Å²) in [4.78, 5) is 16.1. The summed E-state index contributed by atoms with van der Waals surface area (Å²) in [7, 11) is 1.88. The molecule has 2 aromatic heterocycles. The van der Waals surface area contributed by atoms with Crippen LogP contribution in [0, 0.1) is 12.8 Å². The van der Waals surface area contributed by atoms with Crippen LogP contribution in [0.3, 0.4) is 0 Å². The van der Waals surface area contributed by atoms with Crippen molar-refractivity contribution in [2.75, 3.05) is 43.6 Å². The van der Waals surface area contributed by atoms with Gasteiger partial charge in [0.15, 0.2) is 0 Å². The number of hydrogen-bond donors (Lipinski definition) is 1. The quantitative estimate of drug-likeness (QED) is 0.887. The minimum absolute atomic E-state index is 0.394. The molecule has 0 bridgehead atoms. The molecular formula is C19H28N6O. The number of imidazole rings is 1. The van der Waals surface area contributed by atoms with E-state index in [4.69, 9.17) is 9.72 Å². The summed E-state index contributed by atoms with van der Waals surface area (Å²) < 4.78 is 7.81. The molecule has 1 unspecified atom stereocenters. The molecule has 4 heterocycles. The summed E-state index contributed by atoms with van der Waals surface area (Å²) in [5.41, 5.74) is 1.10. The first-order chi connectivity index (χ1) is 12.7. The van der Waals surface area contributed by atoms with Crippen molar-refractivity contribution in [1.29, 1.82) is 0 Å². The van der Waals surface area contributed by atoms with E-state index in [1.165, 1.54) is 12.8 Å². The first-order valence-electron chi connectivity index (χ1n) is 9.60. The molecule has 0 spiro atoms. The maximum atomic E-state index is 5.54. The number of aryl methyl sites for hydroxylation is 1. The summed E-state index contributed by atoms with van der Waals surface area (Å²) in [6.07, 6.45) is 7.38. The number of aromatic nitrogens is 4. The van der Waals surface area contributed by atoms with Gasteiger partial charge in [0.2, 0.25) is 5.95 Å². The second-order valence-corrected chi connectivity index (χ2v) is 7.34. The Balaban J connectivity index is 1.43. The third-order valence-electron chi connectivity index (χ3n) is 5.62. The lowest BCUT2D eigenvalue weighted by molar-refractivity contribution is 0.193. The molecule has 1 N–H and O–H groups in total. The van der Waals surface area contributed by atoms with E-state index in [0.29, 0.717) is 17.8 Å². The zero-order chi connectivity index (χ0) is 17.9. The first-order valence-corrected chi connectivity index (χ1v) is 9.60. The van der Waals surface area contributed by atoms with Crippen LogP contribution in [0.25, 0.3) is 0 Å². The molecule has 2 saturated heterocycles. The summed E-state index contributed by atoms with van der Waals surface area (Å²) in [6, 6.07) is 2.17. The average molecular weight is 356 g/mol. The number of nitrogens with zero attached hydrogens (tertiary/aromatic N) is 5. The molecule has 0 aromatic carbocycles. The van der Waals surface area contributed by atoms with Crippen LogP contribution in [0.5, 0.6) is 0 Å². The normalized spacial score (nSPS) is 21.3. The Labute approximate surface area is 154 Å². The Bertz CT molecular complexity index is 731. The van der Waals surface area contributed by atoms with Crippen LogP contribution < -0.4 is 10.2 Å². The molecule has 2 aliphatic heterocycles. The van der Waals surface area contributed by atoms with E-state index in [-0.39, 0.29) is 0 Å². The Morgan fingerprint density at radius 1 is 1.23 bits per heavy atom. The number of hydrogen-bond acceptors (Lipinski definition) is 6. The monoisotopic (exact) mass is 356 g/mol. The second-order valence-electron chi connectivity index (χ2n) is 7.34. The number of rotatable bonds is 5. The standard InChI is InChI=1S/C19H28N6O/c1-14-21-6-9-25(14)12-15-3-7-24(8-4-15)18-11-17(16-5-10-26-13-16)22-19(20-2)23-18/h6,9,11,15-16H,3-5,7-8,10,12-13H2,1-2H3,(H,20,22,23). The highest BCUT2D eigenvalue weighted by Crippen LogP contribution is 2.29. The molecule has 2 fully saturated rings. The van der Waals surface area contributed by atoms with Gasteiger partial charge in [0, 0.05) is 57.7 Å². The largest absolute Gasteiger partial charge is 0.381 e. The van der Waals surface area contributed by atoms with Crippen molar-refractivity contribution in [3.05, 3.63) is 30.0 Å². The molecule has 2 aromatic rings. The smallest absolute Gasteiger partial charge is 0.224 e. The SMILES string of the molecule is CNc1nc(C2CCOC2)cc(N2CCC(Cn3ccnc3C)CC2)n1. The molecule has 7 heteroatoms. The highest BCUT2D eigenvalue weighted by atomic mass is 16.5. The van der Waals surface area contributed by atoms with Gasteiger partial charge in [0.1, 0.15) is 11.6 Å². The summed E-state index contributed by atoms with van der Waals surface area (Å²) in [5, 5.41) is 3.12. The highest BCUT2D eigenvalue weighted by molar-refractivity contribution is 5.46. The Morgan fingerprint density at radius 3 is 2.73 bits per heavy atom. The van der Waals surface area contributed by atoms with Crippen molar-refractivity contribution in [1.82, 2.24) is 19.5 Å². The highest BCUT2D eigenvalue weighted by Gasteiger charge is 2.24. The molecule has 7 nitrogen and oxygen atoms in total. The van der Waals surface area contributed by atoms with Gasteiger partial charge in [-0.1, -0.05) is 0 Å². The van der Waals surface area contributed by atoms with Gasteiger partial charge in [-0.15, -0.1) is 0 Å². The van der Waals surface area contributed by atoms with E-state index < -0.39 is 0 Å². The van der Waals surface area contributed by atoms with Gasteiger partial charge in [0.05, 0.1) is 12.3 Å². The average Bonchev–Trinajstić information content (AvgIpc) is 3.34. The lowest BCUT2D eigenvalue weighted by Crippen LogP contribution is -2.35. The van der Waals surface area contributed by atoms with Crippen LogP contribution in [-0.2, 0) is 11.3 Å². The fourth-order valence-corrected chi connectivity index (χ4v) is 3.92. The third kappa shape index (κ3) is 3.67. The fraction of sp³-hybridized carbons (Fsp3) is 0.632. The van der Waals surface area contributed by atoms with Gasteiger partial charge < -0.3 is 19.5 Å². The van der Waals surface area contributed by atoms with E-state index in [1.54, 1.807) is 0 Å². The maximum Gasteiger partial charge on any atom is 0.224 e. The van der Waals surface area contributed by atoms with Crippen LogP contribution in [0.15, 0.2) is 18.5 Å². The zero-order valence-corrected chi connectivity index (χ0v) is 15.7.